The van der Waals surface area contributed by atoms with Gasteiger partial charge in [-0.15, -0.1) is 0 Å². The van der Waals surface area contributed by atoms with Crippen LogP contribution >= 0.6 is 15.9 Å². The van der Waals surface area contributed by atoms with Gasteiger partial charge in [0, 0.05) is 17.2 Å². The van der Waals surface area contributed by atoms with Crippen molar-refractivity contribution in [2.24, 2.45) is 0 Å². The maximum absolute atomic E-state index is 5.37. The number of halogens is 1. The molecule has 0 fully saturated rings. The lowest BCUT2D eigenvalue weighted by atomic mass is 10.1. The summed E-state index contributed by atoms with van der Waals surface area (Å²) in [6, 6.07) is 10.2. The van der Waals surface area contributed by atoms with Crippen LogP contribution < -0.4 is 10.1 Å². The second kappa shape index (κ2) is 6.57. The highest BCUT2D eigenvalue weighted by Crippen LogP contribution is 2.20. The number of benzene rings is 1. The summed E-state index contributed by atoms with van der Waals surface area (Å²) in [5.74, 6) is 1.82. The average molecular weight is 321 g/mol. The molecule has 0 saturated carbocycles. The fraction of sp³-hybridized carbons (Fsp3) is 0.267. The number of ether oxygens (including phenoxy) is 1. The van der Waals surface area contributed by atoms with Crippen LogP contribution in [0, 0.1) is 6.92 Å². The molecule has 1 aromatic carbocycles. The second-order valence-corrected chi connectivity index (χ2v) is 5.27. The van der Waals surface area contributed by atoms with Gasteiger partial charge in [0.2, 0.25) is 0 Å². The minimum atomic E-state index is 0.828. The number of aryl methyl sites for hydroxylation is 1. The van der Waals surface area contributed by atoms with Crippen molar-refractivity contribution in [1.29, 1.82) is 0 Å². The number of rotatable bonds is 5. The van der Waals surface area contributed by atoms with E-state index in [1.165, 1.54) is 11.1 Å². The van der Waals surface area contributed by atoms with Crippen molar-refractivity contribution in [2.75, 3.05) is 19.0 Å². The fourth-order valence-corrected chi connectivity index (χ4v) is 2.14. The first kappa shape index (κ1) is 13.9. The minimum absolute atomic E-state index is 0.828. The maximum Gasteiger partial charge on any atom is 0.125 e. The standard InChI is InChI=1S/C15H17BrN2O/c1-11-3-5-14(19-2)12(9-11)7-8-17-15-6-4-13(16)10-18-15/h3-6,9-10H,7-8H2,1-2H3,(H,17,18). The third kappa shape index (κ3) is 3.96. The number of anilines is 1. The van der Waals surface area contributed by atoms with E-state index >= 15 is 0 Å². The van der Waals surface area contributed by atoms with Gasteiger partial charge >= 0.3 is 0 Å². The van der Waals surface area contributed by atoms with Crippen molar-refractivity contribution in [3.63, 3.8) is 0 Å². The summed E-state index contributed by atoms with van der Waals surface area (Å²) in [6.07, 6.45) is 2.69. The maximum atomic E-state index is 5.37. The van der Waals surface area contributed by atoms with Gasteiger partial charge < -0.3 is 10.1 Å². The van der Waals surface area contributed by atoms with Gasteiger partial charge in [0.15, 0.2) is 0 Å². The quantitative estimate of drug-likeness (QED) is 0.909. The molecule has 0 bridgehead atoms. The van der Waals surface area contributed by atoms with Crippen LogP contribution in [-0.4, -0.2) is 18.6 Å². The van der Waals surface area contributed by atoms with Gasteiger partial charge in [-0.05, 0) is 53.0 Å². The Bertz CT molecular complexity index is 540. The summed E-state index contributed by atoms with van der Waals surface area (Å²) in [7, 11) is 1.71. The van der Waals surface area contributed by atoms with Crippen LogP contribution in [0.5, 0.6) is 5.75 Å². The Hall–Kier alpha value is -1.55. The van der Waals surface area contributed by atoms with Crippen molar-refractivity contribution in [3.8, 4) is 5.75 Å². The molecule has 3 nitrogen and oxygen atoms in total. The molecule has 0 saturated heterocycles. The number of nitrogens with one attached hydrogen (secondary N) is 1. The van der Waals surface area contributed by atoms with E-state index in [0.717, 1.165) is 29.0 Å². The van der Waals surface area contributed by atoms with Crippen LogP contribution in [0.2, 0.25) is 0 Å². The Balaban J connectivity index is 1.95. The summed E-state index contributed by atoms with van der Waals surface area (Å²) >= 11 is 3.37. The van der Waals surface area contributed by atoms with Crippen molar-refractivity contribution in [2.45, 2.75) is 13.3 Å². The van der Waals surface area contributed by atoms with E-state index in [-0.39, 0.29) is 0 Å². The van der Waals surface area contributed by atoms with Crippen LogP contribution in [0.15, 0.2) is 41.0 Å². The molecule has 0 radical (unpaired) electrons. The van der Waals surface area contributed by atoms with E-state index in [9.17, 15) is 0 Å². The van der Waals surface area contributed by atoms with Crippen LogP contribution in [0.4, 0.5) is 5.82 Å². The van der Waals surface area contributed by atoms with Crippen LogP contribution in [0.3, 0.4) is 0 Å². The van der Waals surface area contributed by atoms with E-state index in [1.54, 1.807) is 13.3 Å². The lowest BCUT2D eigenvalue weighted by Crippen LogP contribution is -2.07. The van der Waals surface area contributed by atoms with E-state index in [0.29, 0.717) is 0 Å². The normalized spacial score (nSPS) is 10.3. The third-order valence-corrected chi connectivity index (χ3v) is 3.33. The molecule has 4 heteroatoms. The van der Waals surface area contributed by atoms with Crippen LogP contribution in [-0.2, 0) is 6.42 Å². The molecule has 2 aromatic rings. The van der Waals surface area contributed by atoms with E-state index in [1.807, 2.05) is 18.2 Å². The molecule has 0 amide bonds. The van der Waals surface area contributed by atoms with Crippen molar-refractivity contribution >= 4 is 21.7 Å². The monoisotopic (exact) mass is 320 g/mol. The molecule has 0 aliphatic carbocycles. The Morgan fingerprint density at radius 1 is 1.26 bits per heavy atom. The van der Waals surface area contributed by atoms with Crippen LogP contribution in [0.1, 0.15) is 11.1 Å². The number of methoxy groups -OCH3 is 1. The molecule has 1 heterocycles. The van der Waals surface area contributed by atoms with Gasteiger partial charge in [0.1, 0.15) is 11.6 Å². The van der Waals surface area contributed by atoms with Crippen molar-refractivity contribution in [1.82, 2.24) is 4.98 Å². The summed E-state index contributed by atoms with van der Waals surface area (Å²) in [4.78, 5) is 4.28. The highest BCUT2D eigenvalue weighted by molar-refractivity contribution is 9.10. The largest absolute Gasteiger partial charge is 0.496 e. The summed E-state index contributed by atoms with van der Waals surface area (Å²) in [5.41, 5.74) is 2.46. The highest BCUT2D eigenvalue weighted by Gasteiger charge is 2.03. The number of aromatic nitrogens is 1. The molecule has 1 N–H and O–H groups in total. The number of hydrogen-bond donors (Lipinski definition) is 1. The first-order chi connectivity index (χ1) is 9.19. The zero-order chi connectivity index (χ0) is 13.7. The molecular weight excluding hydrogens is 304 g/mol. The molecule has 2 rings (SSSR count). The molecule has 19 heavy (non-hydrogen) atoms. The predicted molar refractivity (Wildman–Crippen MR) is 81.9 cm³/mol. The smallest absolute Gasteiger partial charge is 0.125 e. The Kier molecular flexibility index (Phi) is 4.80. The van der Waals surface area contributed by atoms with Gasteiger partial charge in [-0.2, -0.15) is 0 Å². The van der Waals surface area contributed by atoms with Gasteiger partial charge in [0.25, 0.3) is 0 Å². The Morgan fingerprint density at radius 2 is 2.11 bits per heavy atom. The summed E-state index contributed by atoms with van der Waals surface area (Å²) in [6.45, 7) is 2.92. The van der Waals surface area contributed by atoms with E-state index < -0.39 is 0 Å². The topological polar surface area (TPSA) is 34.1 Å². The zero-order valence-corrected chi connectivity index (χ0v) is 12.7. The molecule has 0 aliphatic rings. The summed E-state index contributed by atoms with van der Waals surface area (Å²) < 4.78 is 6.35. The average Bonchev–Trinajstić information content (AvgIpc) is 2.41. The predicted octanol–water partition coefficient (Wildman–Crippen LogP) is 3.82. The second-order valence-electron chi connectivity index (χ2n) is 4.35. The molecule has 1 aromatic heterocycles. The first-order valence-electron chi connectivity index (χ1n) is 6.18. The van der Waals surface area contributed by atoms with Gasteiger partial charge in [-0.25, -0.2) is 4.98 Å². The van der Waals surface area contributed by atoms with E-state index in [2.05, 4.69) is 45.3 Å². The molecule has 0 atom stereocenters. The van der Waals surface area contributed by atoms with Crippen molar-refractivity contribution < 1.29 is 4.74 Å². The van der Waals surface area contributed by atoms with Gasteiger partial charge in [-0.1, -0.05) is 17.7 Å². The third-order valence-electron chi connectivity index (χ3n) is 2.86. The van der Waals surface area contributed by atoms with Gasteiger partial charge in [-0.3, -0.25) is 0 Å². The fourth-order valence-electron chi connectivity index (χ4n) is 1.91. The highest BCUT2D eigenvalue weighted by atomic mass is 79.9. The molecule has 0 unspecified atom stereocenters. The minimum Gasteiger partial charge on any atom is -0.496 e. The Morgan fingerprint density at radius 3 is 2.79 bits per heavy atom. The summed E-state index contributed by atoms with van der Waals surface area (Å²) in [5, 5.41) is 3.30. The molecule has 100 valence electrons. The zero-order valence-electron chi connectivity index (χ0n) is 11.1. The lowest BCUT2D eigenvalue weighted by Gasteiger charge is -2.10. The van der Waals surface area contributed by atoms with Crippen LogP contribution in [0.25, 0.3) is 0 Å². The molecular formula is C15H17BrN2O. The SMILES string of the molecule is COc1ccc(C)cc1CCNc1ccc(Br)cn1. The molecule has 0 spiro atoms. The van der Waals surface area contributed by atoms with Gasteiger partial charge in [0.05, 0.1) is 7.11 Å². The van der Waals surface area contributed by atoms with Crippen molar-refractivity contribution in [3.05, 3.63) is 52.1 Å². The first-order valence-corrected chi connectivity index (χ1v) is 6.97. The molecule has 0 aliphatic heterocycles. The Labute approximate surface area is 122 Å². The number of nitrogens with zero attached hydrogens (tertiary/aromatic N) is 1. The number of pyridine rings is 1. The number of hydrogen-bond acceptors (Lipinski definition) is 3. The lowest BCUT2D eigenvalue weighted by molar-refractivity contribution is 0.410. The van der Waals surface area contributed by atoms with E-state index in [4.69, 9.17) is 4.74 Å².